The Morgan fingerprint density at radius 2 is 2.07 bits per heavy atom. The van der Waals surface area contributed by atoms with Crippen LogP contribution in [0.1, 0.15) is 12.8 Å². The summed E-state index contributed by atoms with van der Waals surface area (Å²) in [6.07, 6.45) is 2.19. The quantitative estimate of drug-likeness (QED) is 0.641. The minimum atomic E-state index is -0.144. The average molecular weight is 208 g/mol. The van der Waals surface area contributed by atoms with Crippen LogP contribution in [0.25, 0.3) is 0 Å². The zero-order valence-corrected chi connectivity index (χ0v) is 8.55. The summed E-state index contributed by atoms with van der Waals surface area (Å²) in [4.78, 5) is 12.1. The van der Waals surface area contributed by atoms with Crippen LogP contribution in [0.4, 0.5) is 10.5 Å². The molecule has 2 amide bonds. The topological polar surface area (TPSA) is 41.1 Å². The summed E-state index contributed by atoms with van der Waals surface area (Å²) in [6, 6.07) is 7.65. The van der Waals surface area contributed by atoms with Gasteiger partial charge in [-0.25, -0.2) is 4.79 Å². The molecule has 0 saturated heterocycles. The van der Waals surface area contributed by atoms with E-state index in [2.05, 4.69) is 23.3 Å². The van der Waals surface area contributed by atoms with E-state index in [0.717, 1.165) is 23.4 Å². The van der Waals surface area contributed by atoms with Crippen molar-refractivity contribution >= 4 is 24.3 Å². The van der Waals surface area contributed by atoms with Gasteiger partial charge in [-0.15, -0.1) is 12.6 Å². The van der Waals surface area contributed by atoms with Crippen LogP contribution >= 0.6 is 12.6 Å². The third kappa shape index (κ3) is 2.42. The van der Waals surface area contributed by atoms with Crippen molar-refractivity contribution in [3.63, 3.8) is 0 Å². The molecule has 2 rings (SSSR count). The maximum atomic E-state index is 11.4. The Morgan fingerprint density at radius 3 is 2.71 bits per heavy atom. The Balaban J connectivity index is 1.95. The molecule has 1 saturated carbocycles. The van der Waals surface area contributed by atoms with Crippen LogP contribution in [-0.2, 0) is 0 Å². The fraction of sp³-hybridized carbons (Fsp3) is 0.300. The van der Waals surface area contributed by atoms with Gasteiger partial charge in [0, 0.05) is 10.9 Å². The Hall–Kier alpha value is -1.16. The summed E-state index contributed by atoms with van der Waals surface area (Å²) >= 11 is 4.24. The van der Waals surface area contributed by atoms with Gasteiger partial charge >= 0.3 is 6.03 Å². The van der Waals surface area contributed by atoms with Crippen molar-refractivity contribution in [3.05, 3.63) is 24.3 Å². The molecule has 2 N–H and O–H groups in total. The van der Waals surface area contributed by atoms with Crippen LogP contribution in [-0.4, -0.2) is 12.1 Å². The lowest BCUT2D eigenvalue weighted by atomic mass is 10.3. The predicted molar refractivity (Wildman–Crippen MR) is 58.9 cm³/mol. The fourth-order valence-electron chi connectivity index (χ4n) is 1.15. The highest BCUT2D eigenvalue weighted by Gasteiger charge is 2.23. The zero-order valence-electron chi connectivity index (χ0n) is 7.66. The Morgan fingerprint density at radius 1 is 1.36 bits per heavy atom. The highest BCUT2D eigenvalue weighted by molar-refractivity contribution is 7.80. The van der Waals surface area contributed by atoms with Crippen LogP contribution in [0, 0.1) is 0 Å². The summed E-state index contributed by atoms with van der Waals surface area (Å²) in [5.41, 5.74) is 0.744. The van der Waals surface area contributed by atoms with Gasteiger partial charge < -0.3 is 10.6 Å². The van der Waals surface area contributed by atoms with E-state index in [1.54, 1.807) is 0 Å². The van der Waals surface area contributed by atoms with Gasteiger partial charge in [-0.2, -0.15) is 0 Å². The van der Waals surface area contributed by atoms with E-state index in [-0.39, 0.29) is 6.03 Å². The molecule has 0 aliphatic heterocycles. The molecule has 1 aliphatic carbocycles. The Bertz CT molecular complexity index is 350. The Kier molecular flexibility index (Phi) is 2.63. The molecule has 0 heterocycles. The zero-order chi connectivity index (χ0) is 9.97. The molecule has 0 radical (unpaired) electrons. The van der Waals surface area contributed by atoms with Crippen molar-refractivity contribution in [1.82, 2.24) is 5.32 Å². The average Bonchev–Trinajstić information content (AvgIpc) is 2.93. The molecule has 0 unspecified atom stereocenters. The van der Waals surface area contributed by atoms with E-state index in [1.165, 1.54) is 0 Å². The molecule has 1 aromatic carbocycles. The Labute approximate surface area is 88.3 Å². The number of para-hydroxylation sites is 1. The van der Waals surface area contributed by atoms with Gasteiger partial charge in [0.15, 0.2) is 0 Å². The molecule has 14 heavy (non-hydrogen) atoms. The smallest absolute Gasteiger partial charge is 0.319 e. The summed E-state index contributed by atoms with van der Waals surface area (Å²) in [5, 5.41) is 5.60. The lowest BCUT2D eigenvalue weighted by molar-refractivity contribution is 0.251. The lowest BCUT2D eigenvalue weighted by Crippen LogP contribution is -2.30. The van der Waals surface area contributed by atoms with Gasteiger partial charge in [-0.3, -0.25) is 0 Å². The largest absolute Gasteiger partial charge is 0.335 e. The first-order valence-corrected chi connectivity index (χ1v) is 5.06. The van der Waals surface area contributed by atoms with Crippen LogP contribution < -0.4 is 10.6 Å². The molecule has 0 bridgehead atoms. The first-order valence-electron chi connectivity index (χ1n) is 4.61. The van der Waals surface area contributed by atoms with Crippen LogP contribution in [0.5, 0.6) is 0 Å². The molecule has 1 aromatic rings. The van der Waals surface area contributed by atoms with Crippen molar-refractivity contribution < 1.29 is 4.79 Å². The molecule has 4 heteroatoms. The number of thiol groups is 1. The predicted octanol–water partition coefficient (Wildman–Crippen LogP) is 2.26. The molecular weight excluding hydrogens is 196 g/mol. The minimum Gasteiger partial charge on any atom is -0.335 e. The number of benzene rings is 1. The van der Waals surface area contributed by atoms with Crippen molar-refractivity contribution in [2.24, 2.45) is 0 Å². The first-order chi connectivity index (χ1) is 6.75. The van der Waals surface area contributed by atoms with Crippen molar-refractivity contribution in [1.29, 1.82) is 0 Å². The highest BCUT2D eigenvalue weighted by Crippen LogP contribution is 2.20. The van der Waals surface area contributed by atoms with Crippen molar-refractivity contribution in [2.45, 2.75) is 23.8 Å². The molecular formula is C10H12N2OS. The van der Waals surface area contributed by atoms with Gasteiger partial charge in [-0.05, 0) is 25.0 Å². The molecule has 74 valence electrons. The van der Waals surface area contributed by atoms with E-state index >= 15 is 0 Å². The van der Waals surface area contributed by atoms with Crippen molar-refractivity contribution in [3.8, 4) is 0 Å². The maximum Gasteiger partial charge on any atom is 0.319 e. The molecule has 1 fully saturated rings. The second-order valence-electron chi connectivity index (χ2n) is 3.39. The molecule has 0 spiro atoms. The molecule has 1 aliphatic rings. The fourth-order valence-corrected chi connectivity index (χ4v) is 1.37. The second kappa shape index (κ2) is 3.92. The normalized spacial score (nSPS) is 14.9. The second-order valence-corrected chi connectivity index (χ2v) is 3.87. The van der Waals surface area contributed by atoms with Crippen molar-refractivity contribution in [2.75, 3.05) is 5.32 Å². The van der Waals surface area contributed by atoms with Gasteiger partial charge in [0.05, 0.1) is 5.69 Å². The van der Waals surface area contributed by atoms with E-state index in [1.807, 2.05) is 24.3 Å². The van der Waals surface area contributed by atoms with E-state index in [4.69, 9.17) is 0 Å². The number of anilines is 1. The van der Waals surface area contributed by atoms with Gasteiger partial charge in [0.1, 0.15) is 0 Å². The van der Waals surface area contributed by atoms with Gasteiger partial charge in [0.2, 0.25) is 0 Å². The van der Waals surface area contributed by atoms with Gasteiger partial charge in [-0.1, -0.05) is 12.1 Å². The number of carbonyl (C=O) groups is 1. The summed E-state index contributed by atoms with van der Waals surface area (Å²) in [5.74, 6) is 0. The summed E-state index contributed by atoms with van der Waals surface area (Å²) < 4.78 is 0. The molecule has 3 nitrogen and oxygen atoms in total. The monoisotopic (exact) mass is 208 g/mol. The van der Waals surface area contributed by atoms with Crippen LogP contribution in [0.2, 0.25) is 0 Å². The first kappa shape index (κ1) is 9.40. The highest BCUT2D eigenvalue weighted by atomic mass is 32.1. The minimum absolute atomic E-state index is 0.144. The summed E-state index contributed by atoms with van der Waals surface area (Å²) in [6.45, 7) is 0. The standard InChI is InChI=1S/C10H12N2OS/c13-10(11-7-5-6-7)12-8-3-1-2-4-9(8)14/h1-4,7,14H,5-6H2,(H2,11,12,13). The number of nitrogens with one attached hydrogen (secondary N) is 2. The summed E-state index contributed by atoms with van der Waals surface area (Å²) in [7, 11) is 0. The number of hydrogen-bond acceptors (Lipinski definition) is 2. The molecule has 0 aromatic heterocycles. The number of hydrogen-bond donors (Lipinski definition) is 3. The number of carbonyl (C=O) groups excluding carboxylic acids is 1. The number of urea groups is 1. The van der Waals surface area contributed by atoms with E-state index < -0.39 is 0 Å². The SMILES string of the molecule is O=C(Nc1ccccc1S)NC1CC1. The van der Waals surface area contributed by atoms with Gasteiger partial charge in [0.25, 0.3) is 0 Å². The van der Waals surface area contributed by atoms with Crippen LogP contribution in [0.3, 0.4) is 0 Å². The number of rotatable bonds is 2. The van der Waals surface area contributed by atoms with E-state index in [0.29, 0.717) is 6.04 Å². The number of amides is 2. The van der Waals surface area contributed by atoms with Crippen LogP contribution in [0.15, 0.2) is 29.2 Å². The maximum absolute atomic E-state index is 11.4. The third-order valence-electron chi connectivity index (χ3n) is 2.06. The third-order valence-corrected chi connectivity index (χ3v) is 2.45. The van der Waals surface area contributed by atoms with E-state index in [9.17, 15) is 4.79 Å². The molecule has 0 atom stereocenters. The lowest BCUT2D eigenvalue weighted by Gasteiger charge is -2.07.